The summed E-state index contributed by atoms with van der Waals surface area (Å²) < 4.78 is 0. The van der Waals surface area contributed by atoms with Crippen molar-refractivity contribution in [3.8, 4) is 0 Å². The van der Waals surface area contributed by atoms with Crippen LogP contribution in [0.3, 0.4) is 0 Å². The van der Waals surface area contributed by atoms with Gasteiger partial charge < -0.3 is 4.90 Å². The van der Waals surface area contributed by atoms with Crippen LogP contribution in [0, 0.1) is 5.92 Å². The van der Waals surface area contributed by atoms with Gasteiger partial charge in [-0.1, -0.05) is 90.9 Å². The molecule has 1 fully saturated rings. The van der Waals surface area contributed by atoms with Gasteiger partial charge >= 0.3 is 0 Å². The van der Waals surface area contributed by atoms with Crippen LogP contribution in [0.5, 0.6) is 0 Å². The average Bonchev–Trinajstić information content (AvgIpc) is 2.56. The van der Waals surface area contributed by atoms with E-state index in [1.165, 1.54) is 116 Å². The van der Waals surface area contributed by atoms with Gasteiger partial charge in [-0.3, -0.25) is 0 Å². The van der Waals surface area contributed by atoms with Crippen LogP contribution in [0.15, 0.2) is 0 Å². The molecule has 1 saturated heterocycles. The first-order chi connectivity index (χ1) is 10.9. The Balaban J connectivity index is 1.82. The molecule has 0 aromatic carbocycles. The third-order valence-electron chi connectivity index (χ3n) is 5.50. The molecule has 1 aliphatic rings. The van der Waals surface area contributed by atoms with Crippen molar-refractivity contribution >= 4 is 0 Å². The first-order valence-electron chi connectivity index (χ1n) is 10.6. The zero-order chi connectivity index (χ0) is 15.9. The SMILES string of the molecule is CCCCCCCCCCCCN1CCC(CCCC)CC1. The molecule has 0 unspecified atom stereocenters. The van der Waals surface area contributed by atoms with Crippen molar-refractivity contribution in [2.45, 2.75) is 110 Å². The Morgan fingerprint density at radius 3 is 1.68 bits per heavy atom. The van der Waals surface area contributed by atoms with E-state index >= 15 is 0 Å². The van der Waals surface area contributed by atoms with E-state index in [0.717, 1.165) is 5.92 Å². The van der Waals surface area contributed by atoms with E-state index in [-0.39, 0.29) is 0 Å². The number of piperidine rings is 1. The number of hydrogen-bond donors (Lipinski definition) is 0. The molecular formula is C21H43N. The Morgan fingerprint density at radius 1 is 0.636 bits per heavy atom. The highest BCUT2D eigenvalue weighted by molar-refractivity contribution is 4.72. The van der Waals surface area contributed by atoms with Crippen LogP contribution in [0.1, 0.15) is 110 Å². The largest absolute Gasteiger partial charge is 0.303 e. The Kier molecular flexibility index (Phi) is 13.2. The first kappa shape index (κ1) is 20.0. The fraction of sp³-hybridized carbons (Fsp3) is 1.00. The maximum Gasteiger partial charge on any atom is -0.00161 e. The van der Waals surface area contributed by atoms with Crippen molar-refractivity contribution in [3.05, 3.63) is 0 Å². The van der Waals surface area contributed by atoms with Crippen molar-refractivity contribution < 1.29 is 0 Å². The molecule has 1 heterocycles. The molecule has 0 atom stereocenters. The Hall–Kier alpha value is -0.0400. The highest BCUT2D eigenvalue weighted by Crippen LogP contribution is 2.22. The number of hydrogen-bond acceptors (Lipinski definition) is 1. The van der Waals surface area contributed by atoms with Crippen LogP contribution in [0.4, 0.5) is 0 Å². The van der Waals surface area contributed by atoms with E-state index in [4.69, 9.17) is 0 Å². The Labute approximate surface area is 141 Å². The molecule has 22 heavy (non-hydrogen) atoms. The van der Waals surface area contributed by atoms with Gasteiger partial charge in [0.1, 0.15) is 0 Å². The highest BCUT2D eigenvalue weighted by atomic mass is 15.1. The summed E-state index contributed by atoms with van der Waals surface area (Å²) in [6.45, 7) is 8.75. The summed E-state index contributed by atoms with van der Waals surface area (Å²) in [5, 5.41) is 0. The second-order valence-electron chi connectivity index (χ2n) is 7.61. The summed E-state index contributed by atoms with van der Waals surface area (Å²) in [5.74, 6) is 1.05. The topological polar surface area (TPSA) is 3.24 Å². The molecule has 0 bridgehead atoms. The van der Waals surface area contributed by atoms with E-state index in [1.54, 1.807) is 0 Å². The maximum atomic E-state index is 2.73. The zero-order valence-electron chi connectivity index (χ0n) is 15.8. The monoisotopic (exact) mass is 309 g/mol. The zero-order valence-corrected chi connectivity index (χ0v) is 15.8. The van der Waals surface area contributed by atoms with Crippen molar-refractivity contribution in [1.29, 1.82) is 0 Å². The van der Waals surface area contributed by atoms with E-state index in [9.17, 15) is 0 Å². The number of nitrogens with zero attached hydrogens (tertiary/aromatic N) is 1. The third-order valence-corrected chi connectivity index (χ3v) is 5.50. The molecule has 0 saturated carbocycles. The van der Waals surface area contributed by atoms with Gasteiger partial charge in [0.2, 0.25) is 0 Å². The molecule has 1 heteroatoms. The van der Waals surface area contributed by atoms with Gasteiger partial charge in [0.05, 0.1) is 0 Å². The number of likely N-dealkylation sites (tertiary alicyclic amines) is 1. The molecule has 1 nitrogen and oxygen atoms in total. The minimum Gasteiger partial charge on any atom is -0.303 e. The fourth-order valence-electron chi connectivity index (χ4n) is 3.81. The number of rotatable bonds is 14. The molecule has 0 N–H and O–H groups in total. The lowest BCUT2D eigenvalue weighted by Gasteiger charge is -2.32. The lowest BCUT2D eigenvalue weighted by Crippen LogP contribution is -2.34. The van der Waals surface area contributed by atoms with E-state index in [0.29, 0.717) is 0 Å². The second kappa shape index (κ2) is 14.5. The molecule has 1 aliphatic heterocycles. The van der Waals surface area contributed by atoms with E-state index in [1.807, 2.05) is 0 Å². The molecule has 0 aromatic rings. The van der Waals surface area contributed by atoms with Gasteiger partial charge in [-0.2, -0.15) is 0 Å². The van der Waals surface area contributed by atoms with Gasteiger partial charge in [-0.25, -0.2) is 0 Å². The fourth-order valence-corrected chi connectivity index (χ4v) is 3.81. The molecule has 0 spiro atoms. The van der Waals surface area contributed by atoms with Gasteiger partial charge in [-0.15, -0.1) is 0 Å². The van der Waals surface area contributed by atoms with E-state index in [2.05, 4.69) is 18.7 Å². The van der Waals surface area contributed by atoms with Crippen molar-refractivity contribution in [3.63, 3.8) is 0 Å². The summed E-state index contributed by atoms with van der Waals surface area (Å²) in [6.07, 6.45) is 21.8. The van der Waals surface area contributed by atoms with Gasteiger partial charge in [-0.05, 0) is 44.8 Å². The Bertz CT molecular complexity index is 218. The molecule has 132 valence electrons. The molecule has 1 rings (SSSR count). The quantitative estimate of drug-likeness (QED) is 0.319. The predicted molar refractivity (Wildman–Crippen MR) is 101 cm³/mol. The average molecular weight is 310 g/mol. The molecule has 0 amide bonds. The summed E-state index contributed by atoms with van der Waals surface area (Å²) in [5.41, 5.74) is 0. The van der Waals surface area contributed by atoms with Gasteiger partial charge in [0.15, 0.2) is 0 Å². The summed E-state index contributed by atoms with van der Waals surface area (Å²) >= 11 is 0. The van der Waals surface area contributed by atoms with Crippen LogP contribution >= 0.6 is 0 Å². The lowest BCUT2D eigenvalue weighted by atomic mass is 9.91. The minimum absolute atomic E-state index is 1.05. The minimum atomic E-state index is 1.05. The molecule has 0 radical (unpaired) electrons. The van der Waals surface area contributed by atoms with Crippen molar-refractivity contribution in [2.24, 2.45) is 5.92 Å². The molecule has 0 aliphatic carbocycles. The second-order valence-corrected chi connectivity index (χ2v) is 7.61. The van der Waals surface area contributed by atoms with Crippen LogP contribution in [0.2, 0.25) is 0 Å². The van der Waals surface area contributed by atoms with Crippen LogP contribution < -0.4 is 0 Å². The van der Waals surface area contributed by atoms with Crippen LogP contribution in [-0.4, -0.2) is 24.5 Å². The van der Waals surface area contributed by atoms with E-state index < -0.39 is 0 Å². The number of unbranched alkanes of at least 4 members (excludes halogenated alkanes) is 10. The van der Waals surface area contributed by atoms with Crippen molar-refractivity contribution in [1.82, 2.24) is 4.90 Å². The first-order valence-corrected chi connectivity index (χ1v) is 10.6. The predicted octanol–water partition coefficient (Wildman–Crippen LogP) is 6.81. The highest BCUT2D eigenvalue weighted by Gasteiger charge is 2.17. The normalized spacial score (nSPS) is 17.2. The molecule has 0 aromatic heterocycles. The molecular weight excluding hydrogens is 266 g/mol. The third kappa shape index (κ3) is 10.6. The summed E-state index contributed by atoms with van der Waals surface area (Å²) in [6, 6.07) is 0. The standard InChI is InChI=1S/C21H43N/c1-3-5-7-8-9-10-11-12-13-14-18-22-19-16-21(17-20-22)15-6-4-2/h21H,3-20H2,1-2H3. The smallest absolute Gasteiger partial charge is 0.00161 e. The lowest BCUT2D eigenvalue weighted by molar-refractivity contribution is 0.174. The Morgan fingerprint density at radius 2 is 1.14 bits per heavy atom. The van der Waals surface area contributed by atoms with Crippen LogP contribution in [0.25, 0.3) is 0 Å². The summed E-state index contributed by atoms with van der Waals surface area (Å²) in [7, 11) is 0. The van der Waals surface area contributed by atoms with Crippen LogP contribution in [-0.2, 0) is 0 Å². The van der Waals surface area contributed by atoms with Crippen molar-refractivity contribution in [2.75, 3.05) is 19.6 Å². The van der Waals surface area contributed by atoms with Gasteiger partial charge in [0, 0.05) is 0 Å². The summed E-state index contributed by atoms with van der Waals surface area (Å²) in [4.78, 5) is 2.73. The van der Waals surface area contributed by atoms with Gasteiger partial charge in [0.25, 0.3) is 0 Å². The maximum absolute atomic E-state index is 2.73.